The molecule has 0 unspecified atom stereocenters. The van der Waals surface area contributed by atoms with Gasteiger partial charge in [0.05, 0.1) is 11.0 Å². The van der Waals surface area contributed by atoms with E-state index in [0.717, 1.165) is 66.1 Å². The van der Waals surface area contributed by atoms with Gasteiger partial charge in [0.2, 0.25) is 0 Å². The normalized spacial score (nSPS) is 11.8. The van der Waals surface area contributed by atoms with Gasteiger partial charge < -0.3 is 8.98 Å². The fourth-order valence-electron chi connectivity index (χ4n) is 8.52. The number of furan rings is 1. The zero-order valence-electron chi connectivity index (χ0n) is 31.2. The summed E-state index contributed by atoms with van der Waals surface area (Å²) in [6, 6.07) is 68.2. The summed E-state index contributed by atoms with van der Waals surface area (Å²) in [7, 11) is 0. The Morgan fingerprint density at radius 1 is 0.310 bits per heavy atom. The molecule has 58 heavy (non-hydrogen) atoms. The summed E-state index contributed by atoms with van der Waals surface area (Å²) in [4.78, 5) is 15.3. The number of rotatable bonds is 5. The van der Waals surface area contributed by atoms with Crippen LogP contribution in [0, 0.1) is 0 Å². The Bertz CT molecular complexity index is 3480. The number of hydrogen-bond donors (Lipinski definition) is 0. The molecule has 0 aliphatic heterocycles. The molecule has 0 amide bonds. The maximum Gasteiger partial charge on any atom is 0.164 e. The Balaban J connectivity index is 1.000. The van der Waals surface area contributed by atoms with Crippen molar-refractivity contribution in [3.63, 3.8) is 0 Å². The van der Waals surface area contributed by atoms with Crippen molar-refractivity contribution in [3.8, 4) is 51.0 Å². The highest BCUT2D eigenvalue weighted by atomic mass is 16.3. The predicted octanol–water partition coefficient (Wildman–Crippen LogP) is 13.8. The number of para-hydroxylation sites is 1. The van der Waals surface area contributed by atoms with Crippen LogP contribution >= 0.6 is 0 Å². The minimum atomic E-state index is 0.587. The lowest BCUT2D eigenvalue weighted by atomic mass is 10.0. The van der Waals surface area contributed by atoms with E-state index in [9.17, 15) is 0 Å². The van der Waals surface area contributed by atoms with E-state index in [0.29, 0.717) is 17.5 Å². The van der Waals surface area contributed by atoms with Crippen LogP contribution in [0.5, 0.6) is 0 Å². The Morgan fingerprint density at radius 2 is 0.810 bits per heavy atom. The van der Waals surface area contributed by atoms with E-state index in [2.05, 4.69) is 199 Å². The molecule has 0 bridgehead atoms. The summed E-state index contributed by atoms with van der Waals surface area (Å²) < 4.78 is 9.06. The number of hydrogen-bond acceptors (Lipinski definition) is 4. The molecule has 0 fully saturated rings. The molecule has 0 atom stereocenters. The minimum Gasteiger partial charge on any atom is -0.456 e. The molecule has 0 saturated heterocycles. The summed E-state index contributed by atoms with van der Waals surface area (Å²) in [5, 5.41) is 9.14. The van der Waals surface area contributed by atoms with Gasteiger partial charge in [-0.3, -0.25) is 0 Å². The van der Waals surface area contributed by atoms with Crippen LogP contribution in [0.15, 0.2) is 199 Å². The van der Waals surface area contributed by atoms with Crippen molar-refractivity contribution in [1.29, 1.82) is 0 Å². The van der Waals surface area contributed by atoms with Gasteiger partial charge in [-0.05, 0) is 81.2 Å². The van der Waals surface area contributed by atoms with Crippen molar-refractivity contribution in [2.24, 2.45) is 0 Å². The summed E-state index contributed by atoms with van der Waals surface area (Å²) in [5.74, 6) is 1.83. The van der Waals surface area contributed by atoms with Crippen molar-refractivity contribution in [2.45, 2.75) is 0 Å². The topological polar surface area (TPSA) is 56.7 Å². The number of fused-ring (bicyclic) bond motifs is 8. The SMILES string of the molecule is c1ccc(-c2ccc3c4ccccc4n(-c4ccc5c(c4)oc4cc(-c6nc(-c7ccc8ccccc8c7)nc(-c7ccc8ccccc8c7)n6)ccc45)c3c2)cc1. The largest absolute Gasteiger partial charge is 0.456 e. The first-order valence-corrected chi connectivity index (χ1v) is 19.5. The molecule has 3 heterocycles. The second kappa shape index (κ2) is 12.8. The Labute approximate surface area is 333 Å². The van der Waals surface area contributed by atoms with Gasteiger partial charge in [0, 0.05) is 50.0 Å². The highest BCUT2D eigenvalue weighted by Crippen LogP contribution is 2.38. The monoisotopic (exact) mass is 740 g/mol. The van der Waals surface area contributed by atoms with E-state index in [-0.39, 0.29) is 0 Å². The molecule has 9 aromatic carbocycles. The molecular weight excluding hydrogens is 709 g/mol. The van der Waals surface area contributed by atoms with E-state index in [1.807, 2.05) is 0 Å². The Kier molecular flexibility index (Phi) is 7.16. The summed E-state index contributed by atoms with van der Waals surface area (Å²) in [6.45, 7) is 0. The van der Waals surface area contributed by atoms with Crippen LogP contribution in [0.1, 0.15) is 0 Å². The zero-order chi connectivity index (χ0) is 38.2. The van der Waals surface area contributed by atoms with Crippen molar-refractivity contribution in [2.75, 3.05) is 0 Å². The van der Waals surface area contributed by atoms with Gasteiger partial charge in [0.25, 0.3) is 0 Å². The van der Waals surface area contributed by atoms with Crippen LogP contribution in [-0.4, -0.2) is 19.5 Å². The summed E-state index contributed by atoms with van der Waals surface area (Å²) in [6.07, 6.45) is 0. The molecule has 0 aliphatic rings. The molecule has 0 aliphatic carbocycles. The van der Waals surface area contributed by atoms with Gasteiger partial charge in [-0.1, -0.05) is 140 Å². The van der Waals surface area contributed by atoms with E-state index in [1.165, 1.54) is 32.7 Å². The van der Waals surface area contributed by atoms with Gasteiger partial charge in [-0.2, -0.15) is 0 Å². The van der Waals surface area contributed by atoms with Crippen LogP contribution in [-0.2, 0) is 0 Å². The minimum absolute atomic E-state index is 0.587. The second-order valence-corrected chi connectivity index (χ2v) is 14.9. The highest BCUT2D eigenvalue weighted by molar-refractivity contribution is 6.11. The van der Waals surface area contributed by atoms with Crippen molar-refractivity contribution in [3.05, 3.63) is 194 Å². The molecule has 5 heteroatoms. The third-order valence-corrected chi connectivity index (χ3v) is 11.4. The van der Waals surface area contributed by atoms with E-state index in [1.54, 1.807) is 0 Å². The Hall–Kier alpha value is -7.89. The van der Waals surface area contributed by atoms with E-state index >= 15 is 0 Å². The lowest BCUT2D eigenvalue weighted by Gasteiger charge is -2.10. The van der Waals surface area contributed by atoms with Crippen LogP contribution in [0.25, 0.3) is 116 Å². The molecule has 3 aromatic heterocycles. The van der Waals surface area contributed by atoms with Crippen molar-refractivity contribution in [1.82, 2.24) is 19.5 Å². The van der Waals surface area contributed by atoms with Crippen molar-refractivity contribution >= 4 is 65.3 Å². The quantitative estimate of drug-likeness (QED) is 0.176. The third kappa shape index (κ3) is 5.29. The first-order chi connectivity index (χ1) is 28.7. The molecule has 0 saturated carbocycles. The number of aromatic nitrogens is 4. The molecule has 0 N–H and O–H groups in total. The molecule has 5 nitrogen and oxygen atoms in total. The van der Waals surface area contributed by atoms with Crippen LogP contribution in [0.3, 0.4) is 0 Å². The number of benzene rings is 9. The molecule has 0 radical (unpaired) electrons. The smallest absolute Gasteiger partial charge is 0.164 e. The molecule has 12 rings (SSSR count). The number of nitrogens with zero attached hydrogens (tertiary/aromatic N) is 4. The first kappa shape index (κ1) is 32.4. The first-order valence-electron chi connectivity index (χ1n) is 19.5. The van der Waals surface area contributed by atoms with Crippen LogP contribution in [0.4, 0.5) is 0 Å². The van der Waals surface area contributed by atoms with Gasteiger partial charge in [0.1, 0.15) is 11.2 Å². The maximum absolute atomic E-state index is 6.71. The van der Waals surface area contributed by atoms with E-state index in [4.69, 9.17) is 19.4 Å². The fraction of sp³-hybridized carbons (Fsp3) is 0. The summed E-state index contributed by atoms with van der Waals surface area (Å²) >= 11 is 0. The van der Waals surface area contributed by atoms with Crippen LogP contribution in [0.2, 0.25) is 0 Å². The maximum atomic E-state index is 6.71. The van der Waals surface area contributed by atoms with Gasteiger partial charge in [0.15, 0.2) is 17.5 Å². The average Bonchev–Trinajstić information content (AvgIpc) is 3.83. The standard InChI is InChI=1S/C53H32N4O/c1-2-10-33(11-3-1)38-22-25-44-43-16-8-9-17-47(43)57(48(44)30-38)42-24-27-46-45-26-23-41(31-49(45)58-50(46)32-42)53-55-51(39-20-18-34-12-4-6-14-36(34)28-39)54-52(56-53)40-21-19-35-13-5-7-15-37(35)29-40/h1-32H. The van der Waals surface area contributed by atoms with Gasteiger partial charge >= 0.3 is 0 Å². The average molecular weight is 741 g/mol. The molecule has 0 spiro atoms. The Morgan fingerprint density at radius 3 is 1.50 bits per heavy atom. The lowest BCUT2D eigenvalue weighted by Crippen LogP contribution is -2.00. The highest BCUT2D eigenvalue weighted by Gasteiger charge is 2.18. The molecule has 270 valence electrons. The zero-order valence-corrected chi connectivity index (χ0v) is 31.2. The summed E-state index contributed by atoms with van der Waals surface area (Å²) in [5.41, 5.74) is 10.0. The third-order valence-electron chi connectivity index (χ3n) is 11.4. The molecule has 12 aromatic rings. The molecular formula is C53H32N4O. The van der Waals surface area contributed by atoms with Gasteiger partial charge in [-0.15, -0.1) is 0 Å². The van der Waals surface area contributed by atoms with Gasteiger partial charge in [-0.25, -0.2) is 15.0 Å². The second-order valence-electron chi connectivity index (χ2n) is 14.9. The van der Waals surface area contributed by atoms with E-state index < -0.39 is 0 Å². The van der Waals surface area contributed by atoms with Crippen molar-refractivity contribution < 1.29 is 4.42 Å². The lowest BCUT2D eigenvalue weighted by molar-refractivity contribution is 0.668. The predicted molar refractivity (Wildman–Crippen MR) is 238 cm³/mol. The fourth-order valence-corrected chi connectivity index (χ4v) is 8.52. The van der Waals surface area contributed by atoms with Crippen LogP contribution < -0.4 is 0 Å².